The molecule has 101 heavy (non-hydrogen) atoms. The molecule has 0 saturated carbocycles. The largest absolute Gasteiger partial charge is 0.822 e. The molecule has 0 aliphatic heterocycles. The van der Waals surface area contributed by atoms with Gasteiger partial charge in [-0.2, -0.15) is 7.82 Å². The molecule has 0 aliphatic carbocycles. The third-order valence-corrected chi connectivity index (χ3v) is 20.5. The Morgan fingerprint density at radius 3 is 0.574 bits per heavy atom. The number of unbranched alkanes of at least 4 members (excludes halogenated alkanes) is 36. The summed E-state index contributed by atoms with van der Waals surface area (Å²) in [5.74, 6) is 0.782. The fourth-order valence-corrected chi connectivity index (χ4v) is 14.0. The molecule has 0 rings (SSSR count). The SMILES string of the molecule is CC=CC[N+](CCCCC)(CCCCC)CCCNC(=O)CCCCCCCCCCC.CC=CC[N+](CCCCC)(CCCCC)CCCNC(=O)CCCCCCCCCCC.CC=CC[N+](CCCCC)(CCCCC)CCCNC(=O)CCCCCCCCCCC.O=P([O-])([O-])[O-]. The Morgan fingerprint density at radius 1 is 0.257 bits per heavy atom. The Labute approximate surface area is 630 Å². The van der Waals surface area contributed by atoms with Crippen LogP contribution in [0, 0.1) is 0 Å². The lowest BCUT2D eigenvalue weighted by Crippen LogP contribution is -2.51. The maximum Gasteiger partial charge on any atom is 0.219 e. The van der Waals surface area contributed by atoms with E-state index in [-0.39, 0.29) is 17.7 Å². The quantitative estimate of drug-likeness (QED) is 0.0235. The summed E-state index contributed by atoms with van der Waals surface area (Å²) in [4.78, 5) is 62.4. The molecule has 0 aromatic carbocycles. The Morgan fingerprint density at radius 2 is 0.406 bits per heavy atom. The molecule has 0 bridgehead atoms. The predicted molar refractivity (Wildman–Crippen MR) is 437 cm³/mol. The molecule has 0 aromatic rings. The molecule has 14 heteroatoms. The number of hydrogen-bond donors (Lipinski definition) is 3. The van der Waals surface area contributed by atoms with Crippen LogP contribution in [0.3, 0.4) is 0 Å². The number of nitrogens with one attached hydrogen (secondary N) is 3. The second-order valence-corrected chi connectivity index (χ2v) is 31.2. The van der Waals surface area contributed by atoms with Gasteiger partial charge in [-0.05, 0) is 135 Å². The topological polar surface area (TPSA) is 174 Å². The van der Waals surface area contributed by atoms with Gasteiger partial charge in [-0.1, -0.05) is 273 Å². The van der Waals surface area contributed by atoms with E-state index in [2.05, 4.69) is 135 Å². The molecule has 0 atom stereocenters. The Balaban J connectivity index is -0.000000674. The first-order chi connectivity index (χ1) is 48.9. The van der Waals surface area contributed by atoms with Crippen molar-refractivity contribution in [1.82, 2.24) is 16.0 Å². The standard InChI is InChI=1S/3C29H58N2O.H3O4P/c3*1-5-9-13-14-15-16-17-18-19-23-29(32)30-24-22-28-31(25-12-8-4,26-20-10-6-2)27-21-11-7-3;1-5(2,3)4/h3*8,12H,5-7,9-11,13-28H2,1-4H3;(H3,1,2,3,4). The first kappa shape index (κ1) is 105. The molecule has 0 unspecified atom stereocenters. The van der Waals surface area contributed by atoms with Gasteiger partial charge in [0.25, 0.3) is 0 Å². The predicted octanol–water partition coefficient (Wildman–Crippen LogP) is 21.7. The van der Waals surface area contributed by atoms with E-state index in [0.29, 0.717) is 19.3 Å². The minimum Gasteiger partial charge on any atom is -0.822 e. The summed E-state index contributed by atoms with van der Waals surface area (Å²) in [5.41, 5.74) is 0. The summed E-state index contributed by atoms with van der Waals surface area (Å²) >= 11 is 0. The molecule has 0 radical (unpaired) electrons. The van der Waals surface area contributed by atoms with E-state index in [9.17, 15) is 14.4 Å². The summed E-state index contributed by atoms with van der Waals surface area (Å²) < 4.78 is 12.2. The monoisotopic (exact) mass is 1450 g/mol. The number of hydrogen-bond acceptors (Lipinski definition) is 7. The maximum atomic E-state index is 12.2. The fourth-order valence-electron chi connectivity index (χ4n) is 14.0. The third kappa shape index (κ3) is 80.0. The number of rotatable bonds is 72. The second kappa shape index (κ2) is 81.7. The van der Waals surface area contributed by atoms with Gasteiger partial charge in [0.05, 0.1) is 78.5 Å². The van der Waals surface area contributed by atoms with E-state index >= 15 is 0 Å². The van der Waals surface area contributed by atoms with Crippen LogP contribution in [0.4, 0.5) is 0 Å². The van der Waals surface area contributed by atoms with Gasteiger partial charge in [0.2, 0.25) is 17.7 Å². The number of carbonyl (C=O) groups excluding carboxylic acids is 3. The first-order valence-electron chi connectivity index (χ1n) is 43.8. The summed E-state index contributed by atoms with van der Waals surface area (Å²) in [6.07, 6.45) is 78.0. The zero-order valence-electron chi connectivity index (χ0n) is 69.8. The lowest BCUT2D eigenvalue weighted by molar-refractivity contribution is -0.923. The highest BCUT2D eigenvalue weighted by atomic mass is 31.2. The Bertz CT molecular complexity index is 1630. The van der Waals surface area contributed by atoms with E-state index in [1.54, 1.807) is 0 Å². The lowest BCUT2D eigenvalue weighted by atomic mass is 10.1. The van der Waals surface area contributed by atoms with Crippen LogP contribution in [0.1, 0.15) is 411 Å². The van der Waals surface area contributed by atoms with Crippen molar-refractivity contribution in [1.29, 1.82) is 0 Å². The van der Waals surface area contributed by atoms with Gasteiger partial charge in [0, 0.05) is 58.2 Å². The van der Waals surface area contributed by atoms with Gasteiger partial charge in [-0.15, -0.1) is 0 Å². The molecular weight excluding hydrogens is 1270 g/mol. The summed E-state index contributed by atoms with van der Waals surface area (Å²) in [7, 11) is -5.39. The molecule has 0 heterocycles. The summed E-state index contributed by atoms with van der Waals surface area (Å²) in [6, 6.07) is 0. The van der Waals surface area contributed by atoms with Gasteiger partial charge >= 0.3 is 0 Å². The van der Waals surface area contributed by atoms with Crippen molar-refractivity contribution >= 4 is 25.5 Å². The van der Waals surface area contributed by atoms with Gasteiger partial charge in [0.15, 0.2) is 0 Å². The normalized spacial score (nSPS) is 12.0. The van der Waals surface area contributed by atoms with Crippen LogP contribution in [-0.2, 0) is 18.9 Å². The third-order valence-electron chi connectivity index (χ3n) is 20.5. The summed E-state index contributed by atoms with van der Waals surface area (Å²) in [6.45, 7) is 44.2. The average molecular weight is 1450 g/mol. The maximum absolute atomic E-state index is 12.2. The van der Waals surface area contributed by atoms with Crippen LogP contribution >= 0.6 is 7.82 Å². The highest BCUT2D eigenvalue weighted by Gasteiger charge is 2.27. The van der Waals surface area contributed by atoms with E-state index in [1.165, 1.54) is 342 Å². The van der Waals surface area contributed by atoms with E-state index in [1.807, 2.05) is 0 Å². The smallest absolute Gasteiger partial charge is 0.219 e. The number of allylic oxidation sites excluding steroid dienone is 3. The molecule has 0 fully saturated rings. The van der Waals surface area contributed by atoms with Crippen molar-refractivity contribution in [3.63, 3.8) is 0 Å². The zero-order valence-corrected chi connectivity index (χ0v) is 70.7. The minimum atomic E-state index is -5.39. The van der Waals surface area contributed by atoms with Crippen LogP contribution in [-0.4, -0.2) is 129 Å². The van der Waals surface area contributed by atoms with Crippen LogP contribution < -0.4 is 30.6 Å². The molecule has 3 N–H and O–H groups in total. The van der Waals surface area contributed by atoms with Crippen molar-refractivity contribution < 1.29 is 47.1 Å². The van der Waals surface area contributed by atoms with Gasteiger partial charge in [-0.25, -0.2) is 0 Å². The van der Waals surface area contributed by atoms with Crippen molar-refractivity contribution in [2.75, 3.05) is 98.2 Å². The number of quaternary nitrogens is 3. The molecule has 0 aliphatic rings. The van der Waals surface area contributed by atoms with E-state index < -0.39 is 7.82 Å². The second-order valence-electron chi connectivity index (χ2n) is 30.3. The molecular formula is C87H177N6O7P. The van der Waals surface area contributed by atoms with Crippen molar-refractivity contribution in [2.45, 2.75) is 411 Å². The van der Waals surface area contributed by atoms with Crippen molar-refractivity contribution in [2.24, 2.45) is 0 Å². The van der Waals surface area contributed by atoms with Crippen LogP contribution in [0.2, 0.25) is 0 Å². The molecule has 0 saturated heterocycles. The number of amides is 3. The Kier molecular flexibility index (Phi) is 84.9. The fraction of sp³-hybridized carbons (Fsp3) is 0.897. The molecule has 602 valence electrons. The van der Waals surface area contributed by atoms with Crippen LogP contribution in [0.5, 0.6) is 0 Å². The first-order valence-corrected chi connectivity index (χ1v) is 45.3. The number of phosphoric acid groups is 1. The highest BCUT2D eigenvalue weighted by Crippen LogP contribution is 2.20. The van der Waals surface area contributed by atoms with E-state index in [0.717, 1.165) is 77.8 Å². The van der Waals surface area contributed by atoms with Crippen molar-refractivity contribution in [3.8, 4) is 0 Å². The Hall–Kier alpha value is -2.38. The summed E-state index contributed by atoms with van der Waals surface area (Å²) in [5, 5.41) is 9.61. The average Bonchev–Trinajstić information content (AvgIpc) is 0.895. The van der Waals surface area contributed by atoms with Gasteiger partial charge in [0.1, 0.15) is 0 Å². The van der Waals surface area contributed by atoms with E-state index in [4.69, 9.17) is 19.2 Å². The molecule has 3 amide bonds. The number of nitrogens with zero attached hydrogens (tertiary/aromatic N) is 3. The van der Waals surface area contributed by atoms with Crippen LogP contribution in [0.25, 0.3) is 0 Å². The lowest BCUT2D eigenvalue weighted by Gasteiger charge is -2.38. The highest BCUT2D eigenvalue weighted by molar-refractivity contribution is 7.40. The van der Waals surface area contributed by atoms with Crippen molar-refractivity contribution in [3.05, 3.63) is 36.5 Å². The van der Waals surface area contributed by atoms with Gasteiger partial charge < -0.3 is 48.6 Å². The molecule has 0 aromatic heterocycles. The minimum absolute atomic E-state index is 0.261. The van der Waals surface area contributed by atoms with Gasteiger partial charge in [-0.3, -0.25) is 14.4 Å². The molecule has 13 nitrogen and oxygen atoms in total. The molecule has 0 spiro atoms. The van der Waals surface area contributed by atoms with Crippen LogP contribution in [0.15, 0.2) is 36.5 Å². The zero-order chi connectivity index (χ0) is 75.8. The number of carbonyl (C=O) groups is 3.